The van der Waals surface area contributed by atoms with Gasteiger partial charge in [-0.25, -0.2) is 4.79 Å². The van der Waals surface area contributed by atoms with Crippen LogP contribution < -0.4 is 10.9 Å². The van der Waals surface area contributed by atoms with Crippen molar-refractivity contribution in [3.63, 3.8) is 0 Å². The van der Waals surface area contributed by atoms with Gasteiger partial charge in [-0.2, -0.15) is 5.26 Å². The summed E-state index contributed by atoms with van der Waals surface area (Å²) in [4.78, 5) is 11.5. The van der Waals surface area contributed by atoms with Crippen molar-refractivity contribution in [2.45, 2.75) is 7.43 Å². The lowest BCUT2D eigenvalue weighted by atomic mass is 10.1. The van der Waals surface area contributed by atoms with Gasteiger partial charge in [-0.3, -0.25) is 0 Å². The van der Waals surface area contributed by atoms with Crippen molar-refractivity contribution in [3.8, 4) is 17.6 Å². The Hall–Kier alpha value is -2.60. The topological polar surface area (TPSA) is 166 Å². The van der Waals surface area contributed by atoms with E-state index >= 15 is 0 Å². The molecule has 8 nitrogen and oxygen atoms in total. The Kier molecular flexibility index (Phi) is 13.5. The molecule has 0 heterocycles. The fraction of sp³-hybridized carbons (Fsp3) is 0.286. The zero-order valence-electron chi connectivity index (χ0n) is 11.5. The van der Waals surface area contributed by atoms with Crippen molar-refractivity contribution in [2.75, 3.05) is 20.3 Å². The van der Waals surface area contributed by atoms with Gasteiger partial charge < -0.3 is 31.3 Å². The first kappa shape index (κ1) is 24.4. The van der Waals surface area contributed by atoms with Gasteiger partial charge in [0.25, 0.3) is 0 Å². The van der Waals surface area contributed by atoms with Crippen LogP contribution in [-0.4, -0.2) is 42.0 Å². The lowest BCUT2D eigenvalue weighted by molar-refractivity contribution is -0.139. The van der Waals surface area contributed by atoms with Crippen LogP contribution in [-0.2, 0) is 9.53 Å². The molecule has 8 heteroatoms. The standard InChI is InChI=1S/C13H13NO5.CH4.H3N.H2O/c1-18-12-7-9(2-3-11(12)16)6-10(8-14)13(17)19-5-4-15;;;/h2-3,6-7,15-16H,4-5H2,1H3;1H4;1H3;1H2/b10-6+;;;. The summed E-state index contributed by atoms with van der Waals surface area (Å²) in [5, 5.41) is 26.8. The summed E-state index contributed by atoms with van der Waals surface area (Å²) in [6.07, 6.45) is 1.31. The number of esters is 1. The number of aromatic hydroxyl groups is 1. The molecule has 0 aliphatic carbocycles. The van der Waals surface area contributed by atoms with E-state index in [2.05, 4.69) is 4.74 Å². The maximum Gasteiger partial charge on any atom is 0.348 e. The molecule has 0 fully saturated rings. The predicted octanol–water partition coefficient (Wildman–Crippen LogP) is 0.817. The molecule has 0 atom stereocenters. The van der Waals surface area contributed by atoms with Crippen LogP contribution in [0.15, 0.2) is 23.8 Å². The third-order valence-corrected chi connectivity index (χ3v) is 2.18. The Labute approximate surface area is 129 Å². The second kappa shape index (κ2) is 12.2. The van der Waals surface area contributed by atoms with Gasteiger partial charge in [-0.05, 0) is 23.8 Å². The van der Waals surface area contributed by atoms with E-state index in [-0.39, 0.29) is 49.3 Å². The predicted molar refractivity (Wildman–Crippen MR) is 81.7 cm³/mol. The second-order valence-electron chi connectivity index (χ2n) is 3.46. The molecule has 0 saturated heterocycles. The molecule has 0 aromatic heterocycles. The Balaban J connectivity index is -0.00000120. The number of nitriles is 1. The summed E-state index contributed by atoms with van der Waals surface area (Å²) in [6, 6.07) is 6.10. The molecule has 0 aliphatic heterocycles. The molecular weight excluding hydrogens is 292 g/mol. The molecule has 7 N–H and O–H groups in total. The van der Waals surface area contributed by atoms with Crippen molar-refractivity contribution in [1.29, 1.82) is 5.26 Å². The SMILES string of the molecule is C.COc1cc(/C=C(\C#N)C(=O)OCCO)ccc1O.N.O. The van der Waals surface area contributed by atoms with Crippen LogP contribution in [0.25, 0.3) is 6.08 Å². The Bertz CT molecular complexity index is 537. The van der Waals surface area contributed by atoms with Crippen LogP contribution in [0.4, 0.5) is 0 Å². The van der Waals surface area contributed by atoms with Crippen molar-refractivity contribution in [2.24, 2.45) is 0 Å². The lowest BCUT2D eigenvalue weighted by Crippen LogP contribution is -2.10. The van der Waals surface area contributed by atoms with E-state index in [1.807, 2.05) is 0 Å². The summed E-state index contributed by atoms with van der Waals surface area (Å²) in [5.41, 5.74) is 0.299. The van der Waals surface area contributed by atoms with E-state index in [0.29, 0.717) is 5.56 Å². The Morgan fingerprint density at radius 2 is 2.09 bits per heavy atom. The number of aliphatic hydroxyl groups is 1. The minimum absolute atomic E-state index is 0. The number of carbonyl (C=O) groups excluding carboxylic acids is 1. The number of methoxy groups -OCH3 is 1. The highest BCUT2D eigenvalue weighted by atomic mass is 16.5. The number of carbonyl (C=O) groups is 1. The summed E-state index contributed by atoms with van der Waals surface area (Å²) >= 11 is 0. The minimum atomic E-state index is -0.816. The van der Waals surface area contributed by atoms with Crippen molar-refractivity contribution >= 4 is 12.0 Å². The van der Waals surface area contributed by atoms with Crippen molar-refractivity contribution in [1.82, 2.24) is 6.15 Å². The van der Waals surface area contributed by atoms with Crippen LogP contribution >= 0.6 is 0 Å². The highest BCUT2D eigenvalue weighted by Crippen LogP contribution is 2.27. The molecule has 0 aliphatic rings. The van der Waals surface area contributed by atoms with Gasteiger partial charge in [-0.1, -0.05) is 13.5 Å². The van der Waals surface area contributed by atoms with Gasteiger partial charge in [0.2, 0.25) is 0 Å². The zero-order chi connectivity index (χ0) is 14.3. The summed E-state index contributed by atoms with van der Waals surface area (Å²) < 4.78 is 9.55. The van der Waals surface area contributed by atoms with Crippen LogP contribution in [0, 0.1) is 11.3 Å². The number of hydrogen-bond donors (Lipinski definition) is 3. The highest BCUT2D eigenvalue weighted by Gasteiger charge is 2.11. The lowest BCUT2D eigenvalue weighted by Gasteiger charge is -2.04. The second-order valence-corrected chi connectivity index (χ2v) is 3.46. The van der Waals surface area contributed by atoms with Gasteiger partial charge in [0.15, 0.2) is 11.5 Å². The molecule has 124 valence electrons. The Morgan fingerprint density at radius 3 is 2.59 bits per heavy atom. The smallest absolute Gasteiger partial charge is 0.348 e. The monoisotopic (exact) mass is 314 g/mol. The van der Waals surface area contributed by atoms with Gasteiger partial charge in [0.05, 0.1) is 13.7 Å². The van der Waals surface area contributed by atoms with E-state index < -0.39 is 5.97 Å². The number of phenolic OH excluding ortho intramolecular Hbond substituents is 1. The number of hydrogen-bond acceptors (Lipinski definition) is 7. The van der Waals surface area contributed by atoms with E-state index in [4.69, 9.17) is 15.1 Å². The normalized spacial score (nSPS) is 9.23. The molecule has 1 aromatic rings. The molecule has 0 unspecified atom stereocenters. The molecule has 0 bridgehead atoms. The van der Waals surface area contributed by atoms with Gasteiger partial charge in [-0.15, -0.1) is 0 Å². The average molecular weight is 314 g/mol. The first-order valence-electron chi connectivity index (χ1n) is 5.39. The van der Waals surface area contributed by atoms with Crippen molar-refractivity contribution in [3.05, 3.63) is 29.3 Å². The van der Waals surface area contributed by atoms with Crippen LogP contribution in [0.3, 0.4) is 0 Å². The maximum absolute atomic E-state index is 11.5. The number of phenols is 1. The number of nitrogens with zero attached hydrogens (tertiary/aromatic N) is 1. The van der Waals surface area contributed by atoms with Gasteiger partial charge in [0.1, 0.15) is 18.2 Å². The third kappa shape index (κ3) is 6.71. The molecule has 1 aromatic carbocycles. The Morgan fingerprint density at radius 1 is 1.45 bits per heavy atom. The van der Waals surface area contributed by atoms with Gasteiger partial charge in [0, 0.05) is 0 Å². The third-order valence-electron chi connectivity index (χ3n) is 2.18. The average Bonchev–Trinajstić information content (AvgIpc) is 2.43. The van der Waals surface area contributed by atoms with Crippen LogP contribution in [0.2, 0.25) is 0 Å². The minimum Gasteiger partial charge on any atom is -0.504 e. The number of ether oxygens (including phenoxy) is 2. The van der Waals surface area contributed by atoms with Gasteiger partial charge >= 0.3 is 5.97 Å². The highest BCUT2D eigenvalue weighted by molar-refractivity contribution is 5.97. The molecule has 0 radical (unpaired) electrons. The summed E-state index contributed by atoms with van der Waals surface area (Å²) in [5.74, 6) is -0.626. The largest absolute Gasteiger partial charge is 0.504 e. The fourth-order valence-corrected chi connectivity index (χ4v) is 1.30. The number of rotatable bonds is 5. The zero-order valence-corrected chi connectivity index (χ0v) is 11.5. The van der Waals surface area contributed by atoms with E-state index in [0.717, 1.165) is 0 Å². The first-order chi connectivity index (χ1) is 9.12. The van der Waals surface area contributed by atoms with E-state index in [1.54, 1.807) is 6.07 Å². The fourth-order valence-electron chi connectivity index (χ4n) is 1.30. The van der Waals surface area contributed by atoms with Crippen LogP contribution in [0.1, 0.15) is 13.0 Å². The molecule has 0 saturated carbocycles. The quantitative estimate of drug-likeness (QED) is 0.410. The molecule has 22 heavy (non-hydrogen) atoms. The number of aliphatic hydroxyl groups excluding tert-OH is 1. The molecule has 1 rings (SSSR count). The molecular formula is C14H22N2O6. The van der Waals surface area contributed by atoms with E-state index in [9.17, 15) is 9.90 Å². The van der Waals surface area contributed by atoms with Crippen molar-refractivity contribution < 1.29 is 30.0 Å². The van der Waals surface area contributed by atoms with E-state index in [1.165, 1.54) is 31.4 Å². The van der Waals surface area contributed by atoms with Crippen LogP contribution in [0.5, 0.6) is 11.5 Å². The first-order valence-corrected chi connectivity index (χ1v) is 5.39. The maximum atomic E-state index is 11.5. The summed E-state index contributed by atoms with van der Waals surface area (Å²) in [7, 11) is 1.39. The molecule has 0 spiro atoms. The molecule has 0 amide bonds. The summed E-state index contributed by atoms with van der Waals surface area (Å²) in [6.45, 7) is -0.478. The number of benzene rings is 1.